The smallest absolute Gasteiger partial charge is 0.189 e. The van der Waals surface area contributed by atoms with Crippen LogP contribution in [0.5, 0.6) is 0 Å². The predicted molar refractivity (Wildman–Crippen MR) is 79.9 cm³/mol. The molecule has 0 aliphatic carbocycles. The molecule has 0 aliphatic heterocycles. The van der Waals surface area contributed by atoms with E-state index in [1.54, 1.807) is 29.5 Å². The van der Waals surface area contributed by atoms with Crippen LogP contribution in [0, 0.1) is 0 Å². The first-order chi connectivity index (χ1) is 10.8. The third-order valence-electron chi connectivity index (χ3n) is 3.17. The zero-order chi connectivity index (χ0) is 14.9. The molecule has 0 spiro atoms. The van der Waals surface area contributed by atoms with Gasteiger partial charge < -0.3 is 5.73 Å². The Bertz CT molecular complexity index is 933. The van der Waals surface area contributed by atoms with Crippen LogP contribution in [0.15, 0.2) is 49.1 Å². The largest absolute Gasteiger partial charge is 0.382 e. The molecule has 0 amide bonds. The van der Waals surface area contributed by atoms with Gasteiger partial charge in [-0.25, -0.2) is 9.97 Å². The normalized spacial score (nSPS) is 10.9. The van der Waals surface area contributed by atoms with Gasteiger partial charge in [-0.2, -0.15) is 4.68 Å². The van der Waals surface area contributed by atoms with Crippen LogP contribution in [-0.4, -0.2) is 34.9 Å². The SMILES string of the molecule is Nc1nc(-c2ccncc2)nc2c1nnn2-c1ccncc1. The van der Waals surface area contributed by atoms with E-state index in [-0.39, 0.29) is 5.82 Å². The Balaban J connectivity index is 1.97. The highest BCUT2D eigenvalue weighted by atomic mass is 15.4. The number of hydrogen-bond donors (Lipinski definition) is 1. The van der Waals surface area contributed by atoms with Crippen LogP contribution in [0.1, 0.15) is 0 Å². The highest BCUT2D eigenvalue weighted by molar-refractivity contribution is 5.84. The highest BCUT2D eigenvalue weighted by Gasteiger charge is 2.14. The molecule has 8 nitrogen and oxygen atoms in total. The Kier molecular flexibility index (Phi) is 2.72. The summed E-state index contributed by atoms with van der Waals surface area (Å²) in [5.74, 6) is 0.794. The number of aromatic nitrogens is 7. The van der Waals surface area contributed by atoms with E-state index in [2.05, 4.69) is 30.2 Å². The summed E-state index contributed by atoms with van der Waals surface area (Å²) in [6.45, 7) is 0. The van der Waals surface area contributed by atoms with Crippen molar-refractivity contribution in [3.63, 3.8) is 0 Å². The molecule has 0 saturated carbocycles. The summed E-state index contributed by atoms with van der Waals surface area (Å²) in [7, 11) is 0. The van der Waals surface area contributed by atoms with Crippen LogP contribution in [0.4, 0.5) is 5.82 Å². The van der Waals surface area contributed by atoms with Gasteiger partial charge in [0.2, 0.25) is 0 Å². The second-order valence-corrected chi connectivity index (χ2v) is 4.55. The maximum atomic E-state index is 5.99. The van der Waals surface area contributed by atoms with Gasteiger partial charge in [0.25, 0.3) is 0 Å². The minimum Gasteiger partial charge on any atom is -0.382 e. The molecule has 2 N–H and O–H groups in total. The summed E-state index contributed by atoms with van der Waals surface area (Å²) in [6, 6.07) is 7.28. The molecule has 0 saturated heterocycles. The lowest BCUT2D eigenvalue weighted by atomic mass is 10.2. The molecule has 4 heterocycles. The molecule has 0 radical (unpaired) electrons. The van der Waals surface area contributed by atoms with E-state index in [9.17, 15) is 0 Å². The van der Waals surface area contributed by atoms with Crippen molar-refractivity contribution in [3.8, 4) is 17.1 Å². The van der Waals surface area contributed by atoms with Crippen LogP contribution in [0.25, 0.3) is 28.2 Å². The van der Waals surface area contributed by atoms with E-state index in [4.69, 9.17) is 5.73 Å². The quantitative estimate of drug-likeness (QED) is 0.591. The molecule has 106 valence electrons. The van der Waals surface area contributed by atoms with Gasteiger partial charge in [-0.1, -0.05) is 5.21 Å². The molecule has 0 fully saturated rings. The van der Waals surface area contributed by atoms with Crippen molar-refractivity contribution < 1.29 is 0 Å². The van der Waals surface area contributed by atoms with Crippen molar-refractivity contribution in [1.82, 2.24) is 34.9 Å². The van der Waals surface area contributed by atoms with E-state index in [1.807, 2.05) is 24.3 Å². The summed E-state index contributed by atoms with van der Waals surface area (Å²) in [5, 5.41) is 8.16. The Labute approximate surface area is 124 Å². The number of nitrogen functional groups attached to an aromatic ring is 1. The van der Waals surface area contributed by atoms with Gasteiger partial charge >= 0.3 is 0 Å². The van der Waals surface area contributed by atoms with Gasteiger partial charge in [-0.05, 0) is 24.3 Å². The number of rotatable bonds is 2. The minimum atomic E-state index is 0.289. The third kappa shape index (κ3) is 1.94. The van der Waals surface area contributed by atoms with Crippen molar-refractivity contribution in [2.24, 2.45) is 0 Å². The number of anilines is 1. The number of fused-ring (bicyclic) bond motifs is 1. The van der Waals surface area contributed by atoms with E-state index in [0.717, 1.165) is 11.3 Å². The van der Waals surface area contributed by atoms with Crippen LogP contribution < -0.4 is 5.73 Å². The van der Waals surface area contributed by atoms with Crippen LogP contribution in [0.3, 0.4) is 0 Å². The first-order valence-corrected chi connectivity index (χ1v) is 6.52. The van der Waals surface area contributed by atoms with Crippen LogP contribution in [-0.2, 0) is 0 Å². The van der Waals surface area contributed by atoms with Crippen molar-refractivity contribution in [3.05, 3.63) is 49.1 Å². The van der Waals surface area contributed by atoms with Crippen molar-refractivity contribution >= 4 is 17.0 Å². The van der Waals surface area contributed by atoms with Gasteiger partial charge in [0, 0.05) is 30.4 Å². The molecule has 4 rings (SSSR count). The maximum absolute atomic E-state index is 5.99. The first kappa shape index (κ1) is 12.3. The zero-order valence-corrected chi connectivity index (χ0v) is 11.3. The second-order valence-electron chi connectivity index (χ2n) is 4.55. The summed E-state index contributed by atoms with van der Waals surface area (Å²) in [6.07, 6.45) is 6.71. The summed E-state index contributed by atoms with van der Waals surface area (Å²) < 4.78 is 1.61. The van der Waals surface area contributed by atoms with Gasteiger partial charge in [0.15, 0.2) is 22.8 Å². The molecule has 8 heteroatoms. The van der Waals surface area contributed by atoms with Gasteiger partial charge in [-0.3, -0.25) is 9.97 Å². The Morgan fingerprint density at radius 2 is 1.55 bits per heavy atom. The van der Waals surface area contributed by atoms with Crippen molar-refractivity contribution in [1.29, 1.82) is 0 Å². The summed E-state index contributed by atoms with van der Waals surface area (Å²) in [4.78, 5) is 16.8. The molecule has 0 unspecified atom stereocenters. The average Bonchev–Trinajstić information content (AvgIpc) is 3.01. The average molecular weight is 290 g/mol. The predicted octanol–water partition coefficient (Wildman–Crippen LogP) is 1.25. The maximum Gasteiger partial charge on any atom is 0.189 e. The van der Waals surface area contributed by atoms with E-state index in [1.165, 1.54) is 0 Å². The number of nitrogens with zero attached hydrogens (tertiary/aromatic N) is 7. The standard InChI is InChI=1S/C14H10N8/c15-12-11-14(19-13(18-12)9-1-5-16-6-2-9)22(21-20-11)10-3-7-17-8-4-10/h1-8H,(H2,15,18,19). The molecule has 22 heavy (non-hydrogen) atoms. The molecule has 0 aliphatic rings. The van der Waals surface area contributed by atoms with Gasteiger partial charge in [0.1, 0.15) is 0 Å². The Morgan fingerprint density at radius 3 is 2.27 bits per heavy atom. The van der Waals surface area contributed by atoms with Gasteiger partial charge in [-0.15, -0.1) is 5.10 Å². The second kappa shape index (κ2) is 4.85. The first-order valence-electron chi connectivity index (χ1n) is 6.52. The summed E-state index contributed by atoms with van der Waals surface area (Å²) >= 11 is 0. The molecule has 0 aromatic carbocycles. The molecule has 4 aromatic heterocycles. The molecular weight excluding hydrogens is 280 g/mol. The summed E-state index contributed by atoms with van der Waals surface area (Å²) in [5.41, 5.74) is 8.63. The van der Waals surface area contributed by atoms with E-state index < -0.39 is 0 Å². The third-order valence-corrected chi connectivity index (χ3v) is 3.17. The number of nitrogens with two attached hydrogens (primary N) is 1. The fourth-order valence-electron chi connectivity index (χ4n) is 2.12. The fraction of sp³-hybridized carbons (Fsp3) is 0. The Morgan fingerprint density at radius 1 is 0.864 bits per heavy atom. The van der Waals surface area contributed by atoms with Crippen LogP contribution in [0.2, 0.25) is 0 Å². The molecule has 4 aromatic rings. The number of pyridine rings is 2. The lowest BCUT2D eigenvalue weighted by molar-refractivity contribution is 0.816. The van der Waals surface area contributed by atoms with E-state index in [0.29, 0.717) is 17.0 Å². The van der Waals surface area contributed by atoms with Crippen LogP contribution >= 0.6 is 0 Å². The minimum absolute atomic E-state index is 0.289. The van der Waals surface area contributed by atoms with E-state index >= 15 is 0 Å². The Hall–Kier alpha value is -3.42. The highest BCUT2D eigenvalue weighted by Crippen LogP contribution is 2.22. The lowest BCUT2D eigenvalue weighted by Gasteiger charge is -2.04. The lowest BCUT2D eigenvalue weighted by Crippen LogP contribution is -2.01. The zero-order valence-electron chi connectivity index (χ0n) is 11.3. The fourth-order valence-corrected chi connectivity index (χ4v) is 2.12. The van der Waals surface area contributed by atoms with Crippen molar-refractivity contribution in [2.75, 3.05) is 5.73 Å². The number of hydrogen-bond acceptors (Lipinski definition) is 7. The molecule has 0 bridgehead atoms. The molecular formula is C14H10N8. The molecule has 0 atom stereocenters. The van der Waals surface area contributed by atoms with Crippen molar-refractivity contribution in [2.45, 2.75) is 0 Å². The van der Waals surface area contributed by atoms with Gasteiger partial charge in [0.05, 0.1) is 5.69 Å². The monoisotopic (exact) mass is 290 g/mol. The topological polar surface area (TPSA) is 108 Å².